The van der Waals surface area contributed by atoms with Crippen molar-refractivity contribution in [1.82, 2.24) is 0 Å². The van der Waals surface area contributed by atoms with Crippen LogP contribution in [0.4, 0.5) is 0 Å². The number of carbonyl (C=O) groups is 2. The summed E-state index contributed by atoms with van der Waals surface area (Å²) in [7, 11) is 1.46. The Morgan fingerprint density at radius 3 is 1.82 bits per heavy atom. The molecule has 0 aromatic rings. The fourth-order valence-electron chi connectivity index (χ4n) is 1.17. The Balaban J connectivity index is 4.12. The molecule has 6 heteroatoms. The standard InChI is InChI=1S/C11H20O6/c1-4-15-10(12)6-9(17-8-14-3)7-11(13)16-5-2/h9H,4-8H2,1-3H3. The van der Waals surface area contributed by atoms with Gasteiger partial charge in [0, 0.05) is 7.11 Å². The molecule has 0 saturated heterocycles. The van der Waals surface area contributed by atoms with Crippen LogP contribution in [0.15, 0.2) is 0 Å². The Labute approximate surface area is 101 Å². The monoisotopic (exact) mass is 248 g/mol. The van der Waals surface area contributed by atoms with Gasteiger partial charge in [0.05, 0.1) is 32.2 Å². The average molecular weight is 248 g/mol. The second-order valence-corrected chi connectivity index (χ2v) is 3.21. The first-order valence-electron chi connectivity index (χ1n) is 5.55. The summed E-state index contributed by atoms with van der Waals surface area (Å²) in [5, 5.41) is 0. The molecule has 0 saturated carbocycles. The highest BCUT2D eigenvalue weighted by Gasteiger charge is 2.19. The molecule has 0 aliphatic heterocycles. The van der Waals surface area contributed by atoms with Crippen LogP contribution in [0.2, 0.25) is 0 Å². The number of esters is 2. The van der Waals surface area contributed by atoms with Crippen molar-refractivity contribution < 1.29 is 28.5 Å². The summed E-state index contributed by atoms with van der Waals surface area (Å²) in [5.41, 5.74) is 0. The van der Waals surface area contributed by atoms with Crippen molar-refractivity contribution in [3.05, 3.63) is 0 Å². The van der Waals surface area contributed by atoms with Crippen LogP contribution < -0.4 is 0 Å². The molecule has 0 radical (unpaired) electrons. The van der Waals surface area contributed by atoms with Crippen molar-refractivity contribution in [2.24, 2.45) is 0 Å². The maximum atomic E-state index is 11.3. The number of hydrogen-bond donors (Lipinski definition) is 0. The topological polar surface area (TPSA) is 71.1 Å². The molecule has 0 aliphatic rings. The van der Waals surface area contributed by atoms with Gasteiger partial charge in [0.25, 0.3) is 0 Å². The van der Waals surface area contributed by atoms with E-state index in [0.29, 0.717) is 13.2 Å². The summed E-state index contributed by atoms with van der Waals surface area (Å²) in [6, 6.07) is 0. The predicted octanol–water partition coefficient (Wildman–Crippen LogP) is 0.882. The molecule has 0 heterocycles. The number of rotatable bonds is 9. The third-order valence-electron chi connectivity index (χ3n) is 1.82. The first-order chi connectivity index (χ1) is 8.13. The minimum atomic E-state index is -0.576. The summed E-state index contributed by atoms with van der Waals surface area (Å²) in [6.45, 7) is 4.05. The van der Waals surface area contributed by atoms with Gasteiger partial charge in [-0.2, -0.15) is 0 Å². The Kier molecular flexibility index (Phi) is 9.37. The zero-order valence-electron chi connectivity index (χ0n) is 10.6. The molecule has 0 amide bonds. The lowest BCUT2D eigenvalue weighted by Gasteiger charge is -2.15. The van der Waals surface area contributed by atoms with Gasteiger partial charge in [-0.1, -0.05) is 0 Å². The maximum absolute atomic E-state index is 11.3. The normalized spacial score (nSPS) is 10.4. The van der Waals surface area contributed by atoms with Crippen LogP contribution >= 0.6 is 0 Å². The Hall–Kier alpha value is -1.14. The van der Waals surface area contributed by atoms with E-state index in [2.05, 4.69) is 0 Å². The van der Waals surface area contributed by atoms with Crippen molar-refractivity contribution in [1.29, 1.82) is 0 Å². The first-order valence-corrected chi connectivity index (χ1v) is 5.55. The minimum absolute atomic E-state index is 0.00993. The fourth-order valence-corrected chi connectivity index (χ4v) is 1.17. The van der Waals surface area contributed by atoms with Crippen LogP contribution in [0.25, 0.3) is 0 Å². The van der Waals surface area contributed by atoms with E-state index in [0.717, 1.165) is 0 Å². The lowest BCUT2D eigenvalue weighted by molar-refractivity contribution is -0.155. The zero-order valence-corrected chi connectivity index (χ0v) is 10.6. The number of methoxy groups -OCH3 is 1. The van der Waals surface area contributed by atoms with Crippen LogP contribution in [-0.4, -0.2) is 45.2 Å². The summed E-state index contributed by atoms with van der Waals surface area (Å²) in [4.78, 5) is 22.5. The first kappa shape index (κ1) is 15.9. The fraction of sp³-hybridized carbons (Fsp3) is 0.818. The third kappa shape index (κ3) is 8.65. The van der Waals surface area contributed by atoms with Gasteiger partial charge in [-0.05, 0) is 13.8 Å². The van der Waals surface area contributed by atoms with Gasteiger partial charge >= 0.3 is 11.9 Å². The maximum Gasteiger partial charge on any atom is 0.308 e. The van der Waals surface area contributed by atoms with E-state index >= 15 is 0 Å². The van der Waals surface area contributed by atoms with Crippen molar-refractivity contribution in [2.75, 3.05) is 27.1 Å². The molecule has 0 N–H and O–H groups in total. The van der Waals surface area contributed by atoms with E-state index in [1.165, 1.54) is 7.11 Å². The molecule has 100 valence electrons. The molecule has 0 aromatic carbocycles. The largest absolute Gasteiger partial charge is 0.466 e. The summed E-state index contributed by atoms with van der Waals surface area (Å²) >= 11 is 0. The van der Waals surface area contributed by atoms with Crippen LogP contribution in [0, 0.1) is 0 Å². The van der Waals surface area contributed by atoms with Gasteiger partial charge in [0.1, 0.15) is 6.79 Å². The minimum Gasteiger partial charge on any atom is -0.466 e. The van der Waals surface area contributed by atoms with Crippen molar-refractivity contribution in [3.8, 4) is 0 Å². The van der Waals surface area contributed by atoms with Gasteiger partial charge in [-0.15, -0.1) is 0 Å². The molecule has 0 aliphatic carbocycles. The van der Waals surface area contributed by atoms with Gasteiger partial charge in [-0.25, -0.2) is 0 Å². The van der Waals surface area contributed by atoms with E-state index in [1.54, 1.807) is 13.8 Å². The summed E-state index contributed by atoms with van der Waals surface area (Å²) in [6.07, 6.45) is -0.556. The molecule has 0 atom stereocenters. The molecule has 17 heavy (non-hydrogen) atoms. The van der Waals surface area contributed by atoms with E-state index in [9.17, 15) is 9.59 Å². The average Bonchev–Trinajstić information content (AvgIpc) is 2.26. The molecule has 0 bridgehead atoms. The molecular weight excluding hydrogens is 228 g/mol. The number of hydrogen-bond acceptors (Lipinski definition) is 6. The second kappa shape index (κ2) is 10.0. The van der Waals surface area contributed by atoms with E-state index in [1.807, 2.05) is 0 Å². The Bertz CT molecular complexity index is 208. The van der Waals surface area contributed by atoms with Gasteiger partial charge < -0.3 is 18.9 Å². The molecule has 6 nitrogen and oxygen atoms in total. The highest BCUT2D eigenvalue weighted by Crippen LogP contribution is 2.07. The lowest BCUT2D eigenvalue weighted by atomic mass is 10.2. The van der Waals surface area contributed by atoms with E-state index in [-0.39, 0.29) is 19.6 Å². The van der Waals surface area contributed by atoms with Crippen LogP contribution in [0.1, 0.15) is 26.7 Å². The Morgan fingerprint density at radius 1 is 1.00 bits per heavy atom. The molecular formula is C11H20O6. The summed E-state index contributed by atoms with van der Waals surface area (Å²) < 4.78 is 19.5. The lowest BCUT2D eigenvalue weighted by Crippen LogP contribution is -2.24. The zero-order chi connectivity index (χ0) is 13.1. The molecule has 0 fully saturated rings. The SMILES string of the molecule is CCOC(=O)CC(CC(=O)OCC)OCOC. The van der Waals surface area contributed by atoms with E-state index in [4.69, 9.17) is 18.9 Å². The van der Waals surface area contributed by atoms with Crippen molar-refractivity contribution >= 4 is 11.9 Å². The molecule has 0 unspecified atom stereocenters. The molecule has 0 spiro atoms. The summed E-state index contributed by atoms with van der Waals surface area (Å²) in [5.74, 6) is -0.809. The number of ether oxygens (including phenoxy) is 4. The van der Waals surface area contributed by atoms with Gasteiger partial charge in [0.2, 0.25) is 0 Å². The quantitative estimate of drug-likeness (QED) is 0.445. The smallest absolute Gasteiger partial charge is 0.308 e. The highest BCUT2D eigenvalue weighted by atomic mass is 16.7. The van der Waals surface area contributed by atoms with Crippen LogP contribution in [-0.2, 0) is 28.5 Å². The Morgan fingerprint density at radius 2 is 1.47 bits per heavy atom. The highest BCUT2D eigenvalue weighted by molar-refractivity contribution is 5.73. The van der Waals surface area contributed by atoms with Crippen molar-refractivity contribution in [3.63, 3.8) is 0 Å². The van der Waals surface area contributed by atoms with E-state index < -0.39 is 18.0 Å². The van der Waals surface area contributed by atoms with Crippen LogP contribution in [0.3, 0.4) is 0 Å². The third-order valence-corrected chi connectivity index (χ3v) is 1.82. The van der Waals surface area contributed by atoms with Crippen molar-refractivity contribution in [2.45, 2.75) is 32.8 Å². The molecule has 0 aromatic heterocycles. The second-order valence-electron chi connectivity index (χ2n) is 3.21. The number of carbonyl (C=O) groups excluding carboxylic acids is 2. The molecule has 0 rings (SSSR count). The van der Waals surface area contributed by atoms with Gasteiger partial charge in [0.15, 0.2) is 0 Å². The van der Waals surface area contributed by atoms with Gasteiger partial charge in [-0.3, -0.25) is 9.59 Å². The van der Waals surface area contributed by atoms with Crippen LogP contribution in [0.5, 0.6) is 0 Å². The predicted molar refractivity (Wildman–Crippen MR) is 59.2 cm³/mol.